The summed E-state index contributed by atoms with van der Waals surface area (Å²) < 4.78 is 12.8. The highest BCUT2D eigenvalue weighted by molar-refractivity contribution is 5.89. The van der Waals surface area contributed by atoms with Crippen LogP contribution < -0.4 is 14.8 Å². The molecule has 29 heavy (non-hydrogen) atoms. The first-order valence-corrected chi connectivity index (χ1v) is 10.5. The molecule has 2 aromatic rings. The highest BCUT2D eigenvalue weighted by Crippen LogP contribution is 2.44. The number of hydrogen-bond donors (Lipinski definition) is 1. The minimum atomic E-state index is -0.470. The average Bonchev–Trinajstić information content (AvgIpc) is 3.46. The van der Waals surface area contributed by atoms with Crippen molar-refractivity contribution in [1.82, 2.24) is 20.1 Å². The highest BCUT2D eigenvalue weighted by Gasteiger charge is 2.44. The number of carbonyl (C=O) groups excluding carboxylic acids is 1. The van der Waals surface area contributed by atoms with Gasteiger partial charge in [0.1, 0.15) is 12.7 Å². The Hall–Kier alpha value is -2.57. The summed E-state index contributed by atoms with van der Waals surface area (Å²) in [6, 6.07) is 6.51. The fourth-order valence-corrected chi connectivity index (χ4v) is 4.97. The zero-order valence-electron chi connectivity index (χ0n) is 17.3. The molecule has 7 heteroatoms. The molecule has 1 heterocycles. The largest absolute Gasteiger partial charge is 0.493 e. The Bertz CT molecular complexity index is 823. The standard InChI is InChI=1S/C22H30N4O3/c1-28-19-10-5-16(13-20(19)29-2)22(11-3-4-12-22)21(27)25-17-6-8-18(9-7-17)26-15-23-14-24-26/h5,10,13-15,17-18H,3-4,6-9,11-12H2,1-2H3,(H,25,27). The molecule has 7 nitrogen and oxygen atoms in total. The number of nitrogens with zero attached hydrogens (tertiary/aromatic N) is 3. The van der Waals surface area contributed by atoms with Gasteiger partial charge in [-0.05, 0) is 56.2 Å². The van der Waals surface area contributed by atoms with Crippen LogP contribution in [0, 0.1) is 0 Å². The van der Waals surface area contributed by atoms with Crippen LogP contribution in [0.4, 0.5) is 0 Å². The number of ether oxygens (including phenoxy) is 2. The molecular formula is C22H30N4O3. The molecule has 0 spiro atoms. The summed E-state index contributed by atoms with van der Waals surface area (Å²) in [7, 11) is 3.27. The van der Waals surface area contributed by atoms with Gasteiger partial charge in [0.2, 0.25) is 5.91 Å². The second-order valence-electron chi connectivity index (χ2n) is 8.21. The molecule has 0 saturated heterocycles. The lowest BCUT2D eigenvalue weighted by molar-refractivity contribution is -0.127. The van der Waals surface area contributed by atoms with E-state index in [-0.39, 0.29) is 11.9 Å². The zero-order chi connectivity index (χ0) is 20.3. The lowest BCUT2D eigenvalue weighted by Gasteiger charge is -2.34. The minimum Gasteiger partial charge on any atom is -0.493 e. The van der Waals surface area contributed by atoms with Gasteiger partial charge in [-0.25, -0.2) is 9.67 Å². The lowest BCUT2D eigenvalue weighted by atomic mass is 9.77. The van der Waals surface area contributed by atoms with E-state index in [9.17, 15) is 4.79 Å². The van der Waals surface area contributed by atoms with Crippen molar-refractivity contribution in [2.45, 2.75) is 68.9 Å². The van der Waals surface area contributed by atoms with Crippen molar-refractivity contribution >= 4 is 5.91 Å². The van der Waals surface area contributed by atoms with Crippen molar-refractivity contribution in [2.24, 2.45) is 0 Å². The third-order valence-corrected chi connectivity index (χ3v) is 6.67. The fourth-order valence-electron chi connectivity index (χ4n) is 4.97. The molecule has 0 atom stereocenters. The third kappa shape index (κ3) is 3.82. The molecule has 1 amide bonds. The Kier molecular flexibility index (Phi) is 5.74. The number of nitrogens with one attached hydrogen (secondary N) is 1. The maximum Gasteiger partial charge on any atom is 0.230 e. The topological polar surface area (TPSA) is 78.3 Å². The molecule has 156 valence electrons. The normalized spacial score (nSPS) is 23.5. The first kappa shape index (κ1) is 19.7. The quantitative estimate of drug-likeness (QED) is 0.807. The van der Waals surface area contributed by atoms with E-state index in [4.69, 9.17) is 9.47 Å². The van der Waals surface area contributed by atoms with Gasteiger partial charge in [-0.15, -0.1) is 0 Å². The first-order valence-electron chi connectivity index (χ1n) is 10.5. The molecule has 1 N–H and O–H groups in total. The molecule has 1 aromatic carbocycles. The van der Waals surface area contributed by atoms with Gasteiger partial charge >= 0.3 is 0 Å². The number of methoxy groups -OCH3 is 2. The number of amides is 1. The van der Waals surface area contributed by atoms with E-state index >= 15 is 0 Å². The van der Waals surface area contributed by atoms with Gasteiger partial charge in [0.15, 0.2) is 11.5 Å². The zero-order valence-corrected chi connectivity index (χ0v) is 17.3. The molecule has 0 bridgehead atoms. The Labute approximate surface area is 171 Å². The number of benzene rings is 1. The van der Waals surface area contributed by atoms with Crippen LogP contribution >= 0.6 is 0 Å². The Balaban J connectivity index is 1.47. The molecule has 4 rings (SSSR count). The first-order chi connectivity index (χ1) is 14.2. The Morgan fingerprint density at radius 2 is 1.83 bits per heavy atom. The van der Waals surface area contributed by atoms with E-state index < -0.39 is 5.41 Å². The van der Waals surface area contributed by atoms with Crippen LogP contribution in [-0.4, -0.2) is 40.9 Å². The Morgan fingerprint density at radius 3 is 2.45 bits per heavy atom. The van der Waals surface area contributed by atoms with Gasteiger partial charge in [-0.2, -0.15) is 5.10 Å². The average molecular weight is 399 g/mol. The van der Waals surface area contributed by atoms with E-state index in [2.05, 4.69) is 15.4 Å². The van der Waals surface area contributed by atoms with Gasteiger partial charge in [0.25, 0.3) is 0 Å². The van der Waals surface area contributed by atoms with Gasteiger partial charge in [0.05, 0.1) is 25.7 Å². The van der Waals surface area contributed by atoms with Crippen LogP contribution in [0.1, 0.15) is 63.0 Å². The number of carbonyl (C=O) groups is 1. The summed E-state index contributed by atoms with van der Waals surface area (Å²) in [4.78, 5) is 17.5. The van der Waals surface area contributed by atoms with Crippen LogP contribution in [0.3, 0.4) is 0 Å². The van der Waals surface area contributed by atoms with Crippen molar-refractivity contribution in [1.29, 1.82) is 0 Å². The molecule has 0 radical (unpaired) electrons. The van der Waals surface area contributed by atoms with Gasteiger partial charge in [0, 0.05) is 6.04 Å². The van der Waals surface area contributed by atoms with Gasteiger partial charge in [-0.1, -0.05) is 18.9 Å². The maximum atomic E-state index is 13.5. The van der Waals surface area contributed by atoms with Crippen LogP contribution in [-0.2, 0) is 10.2 Å². The molecule has 1 aromatic heterocycles. The van der Waals surface area contributed by atoms with Crippen LogP contribution in [0.25, 0.3) is 0 Å². The molecule has 2 aliphatic rings. The minimum absolute atomic E-state index is 0.159. The Morgan fingerprint density at radius 1 is 1.10 bits per heavy atom. The van der Waals surface area contributed by atoms with Crippen molar-refractivity contribution in [3.8, 4) is 11.5 Å². The molecule has 0 aliphatic heterocycles. The van der Waals surface area contributed by atoms with Gasteiger partial charge in [-0.3, -0.25) is 4.79 Å². The molecular weight excluding hydrogens is 368 g/mol. The number of rotatable bonds is 6. The maximum absolute atomic E-state index is 13.5. The summed E-state index contributed by atoms with van der Waals surface area (Å²) >= 11 is 0. The van der Waals surface area contributed by atoms with Crippen molar-refractivity contribution in [2.75, 3.05) is 14.2 Å². The predicted molar refractivity (Wildman–Crippen MR) is 109 cm³/mol. The second-order valence-corrected chi connectivity index (χ2v) is 8.21. The van der Waals surface area contributed by atoms with E-state index in [0.717, 1.165) is 56.9 Å². The van der Waals surface area contributed by atoms with E-state index in [1.807, 2.05) is 22.9 Å². The molecule has 0 unspecified atom stereocenters. The molecule has 2 fully saturated rings. The smallest absolute Gasteiger partial charge is 0.230 e. The summed E-state index contributed by atoms with van der Waals surface area (Å²) in [6.07, 6.45) is 11.2. The van der Waals surface area contributed by atoms with Crippen LogP contribution in [0.15, 0.2) is 30.9 Å². The molecule has 2 saturated carbocycles. The summed E-state index contributed by atoms with van der Waals surface area (Å²) in [5.41, 5.74) is 0.559. The summed E-state index contributed by atoms with van der Waals surface area (Å²) in [6.45, 7) is 0. The van der Waals surface area contributed by atoms with Crippen LogP contribution in [0.5, 0.6) is 11.5 Å². The SMILES string of the molecule is COc1ccc(C2(C(=O)NC3CCC(n4cncn4)CC3)CCCC2)cc1OC. The summed E-state index contributed by atoms with van der Waals surface area (Å²) in [5.74, 6) is 1.53. The second kappa shape index (κ2) is 8.43. The van der Waals surface area contributed by atoms with E-state index in [1.165, 1.54) is 0 Å². The lowest BCUT2D eigenvalue weighted by Crippen LogP contribution is -2.48. The molecule has 2 aliphatic carbocycles. The van der Waals surface area contributed by atoms with Crippen molar-refractivity contribution in [3.63, 3.8) is 0 Å². The predicted octanol–water partition coefficient (Wildman–Crippen LogP) is 3.41. The van der Waals surface area contributed by atoms with Crippen molar-refractivity contribution in [3.05, 3.63) is 36.4 Å². The monoisotopic (exact) mass is 398 g/mol. The van der Waals surface area contributed by atoms with Crippen molar-refractivity contribution < 1.29 is 14.3 Å². The van der Waals surface area contributed by atoms with E-state index in [1.54, 1.807) is 26.9 Å². The number of hydrogen-bond acceptors (Lipinski definition) is 5. The fraction of sp³-hybridized carbons (Fsp3) is 0.591. The summed E-state index contributed by atoms with van der Waals surface area (Å²) in [5, 5.41) is 7.64. The van der Waals surface area contributed by atoms with Crippen LogP contribution in [0.2, 0.25) is 0 Å². The van der Waals surface area contributed by atoms with E-state index in [0.29, 0.717) is 17.5 Å². The third-order valence-electron chi connectivity index (χ3n) is 6.67. The van der Waals surface area contributed by atoms with Gasteiger partial charge < -0.3 is 14.8 Å². The highest BCUT2D eigenvalue weighted by atomic mass is 16.5. The number of aromatic nitrogens is 3.